The van der Waals surface area contributed by atoms with Crippen LogP contribution in [-0.4, -0.2) is 44.9 Å². The number of hydrogen-bond acceptors (Lipinski definition) is 3. The van der Waals surface area contributed by atoms with Crippen molar-refractivity contribution in [2.75, 3.05) is 13.1 Å². The average Bonchev–Trinajstić information content (AvgIpc) is 2.98. The molecule has 1 amide bonds. The molecule has 3 fully saturated rings. The highest BCUT2D eigenvalue weighted by atomic mass is 16.2. The van der Waals surface area contributed by atoms with Crippen molar-refractivity contribution in [3.63, 3.8) is 0 Å². The quantitative estimate of drug-likeness (QED) is 0.922. The second-order valence-electron chi connectivity index (χ2n) is 7.04. The summed E-state index contributed by atoms with van der Waals surface area (Å²) >= 11 is 0. The van der Waals surface area contributed by atoms with E-state index in [9.17, 15) is 4.79 Å². The zero-order valence-corrected chi connectivity index (χ0v) is 13.1. The van der Waals surface area contributed by atoms with Crippen molar-refractivity contribution in [3.05, 3.63) is 36.4 Å². The largest absolute Gasteiger partial charge is 0.346 e. The second kappa shape index (κ2) is 4.81. The fraction of sp³-hybridized carbons (Fsp3) is 0.529. The zero-order chi connectivity index (χ0) is 15.3. The molecule has 0 unspecified atom stereocenters. The van der Waals surface area contributed by atoms with Gasteiger partial charge in [-0.3, -0.25) is 9.69 Å². The summed E-state index contributed by atoms with van der Waals surface area (Å²) in [7, 11) is 0. The van der Waals surface area contributed by atoms with Crippen LogP contribution < -0.4 is 5.32 Å². The molecule has 5 heterocycles. The van der Waals surface area contributed by atoms with Crippen LogP contribution in [0, 0.1) is 5.92 Å². The van der Waals surface area contributed by atoms with Crippen molar-refractivity contribution >= 4 is 11.4 Å². The Labute approximate surface area is 130 Å². The summed E-state index contributed by atoms with van der Waals surface area (Å²) in [6.07, 6.45) is 5.99. The summed E-state index contributed by atoms with van der Waals surface area (Å²) in [6.45, 7) is 6.79. The molecule has 2 aromatic rings. The van der Waals surface area contributed by atoms with Crippen molar-refractivity contribution in [1.29, 1.82) is 0 Å². The molecule has 3 aliphatic rings. The molecule has 0 spiro atoms. The Bertz CT molecular complexity index is 712. The molecular formula is C17H22N4O. The van der Waals surface area contributed by atoms with E-state index in [1.807, 2.05) is 28.8 Å². The molecule has 1 N–H and O–H groups in total. The van der Waals surface area contributed by atoms with Crippen LogP contribution in [0.15, 0.2) is 30.7 Å². The van der Waals surface area contributed by atoms with Gasteiger partial charge in [0, 0.05) is 23.3 Å². The molecule has 2 bridgehead atoms. The third-order valence-corrected chi connectivity index (χ3v) is 5.52. The van der Waals surface area contributed by atoms with Gasteiger partial charge in [-0.25, -0.2) is 4.98 Å². The van der Waals surface area contributed by atoms with Gasteiger partial charge in [-0.1, -0.05) is 0 Å². The van der Waals surface area contributed by atoms with E-state index in [0.717, 1.165) is 18.6 Å². The maximum Gasteiger partial charge on any atom is 0.270 e. The maximum absolute atomic E-state index is 12.6. The fourth-order valence-electron chi connectivity index (χ4n) is 4.15. The molecule has 0 aromatic carbocycles. The number of rotatable bonds is 2. The minimum atomic E-state index is -0.0597. The summed E-state index contributed by atoms with van der Waals surface area (Å²) in [5.74, 6) is 0.525. The summed E-state index contributed by atoms with van der Waals surface area (Å²) in [4.78, 5) is 19.4. The summed E-state index contributed by atoms with van der Waals surface area (Å²) in [5, 5.41) is 3.26. The first-order valence-electron chi connectivity index (χ1n) is 8.04. The minimum absolute atomic E-state index is 0.0238. The van der Waals surface area contributed by atoms with Gasteiger partial charge in [-0.2, -0.15) is 0 Å². The van der Waals surface area contributed by atoms with Gasteiger partial charge < -0.3 is 9.72 Å². The van der Waals surface area contributed by atoms with Crippen molar-refractivity contribution in [3.8, 4) is 0 Å². The molecule has 3 saturated heterocycles. The van der Waals surface area contributed by atoms with Gasteiger partial charge in [0.2, 0.25) is 0 Å². The SMILES string of the molecule is CC1(C)[C@H](NC(=O)c2cc3cccn3cn2)C2CCN1CC2. The second-order valence-corrected chi connectivity index (χ2v) is 7.04. The number of nitrogens with zero attached hydrogens (tertiary/aromatic N) is 3. The Hall–Kier alpha value is -1.88. The Balaban J connectivity index is 1.58. The predicted octanol–water partition coefficient (Wildman–Crippen LogP) is 1.94. The Morgan fingerprint density at radius 2 is 2.14 bits per heavy atom. The number of aromatic nitrogens is 2. The highest BCUT2D eigenvalue weighted by Crippen LogP contribution is 2.39. The van der Waals surface area contributed by atoms with E-state index in [0.29, 0.717) is 11.6 Å². The number of nitrogens with one attached hydrogen (secondary N) is 1. The number of fused-ring (bicyclic) bond motifs is 4. The van der Waals surface area contributed by atoms with Crippen molar-refractivity contribution in [2.24, 2.45) is 5.92 Å². The van der Waals surface area contributed by atoms with Gasteiger partial charge in [-0.15, -0.1) is 0 Å². The lowest BCUT2D eigenvalue weighted by Crippen LogP contribution is -2.69. The van der Waals surface area contributed by atoms with Crippen molar-refractivity contribution < 1.29 is 4.79 Å². The van der Waals surface area contributed by atoms with Crippen LogP contribution in [-0.2, 0) is 0 Å². The Morgan fingerprint density at radius 3 is 2.86 bits per heavy atom. The van der Waals surface area contributed by atoms with Crippen LogP contribution in [0.5, 0.6) is 0 Å². The van der Waals surface area contributed by atoms with E-state index in [-0.39, 0.29) is 17.5 Å². The van der Waals surface area contributed by atoms with Crippen LogP contribution in [0.3, 0.4) is 0 Å². The first-order chi connectivity index (χ1) is 10.6. The zero-order valence-electron chi connectivity index (χ0n) is 13.1. The van der Waals surface area contributed by atoms with E-state index in [1.54, 1.807) is 6.33 Å². The van der Waals surface area contributed by atoms with Crippen LogP contribution >= 0.6 is 0 Å². The van der Waals surface area contributed by atoms with Crippen LogP contribution in [0.1, 0.15) is 37.2 Å². The average molecular weight is 298 g/mol. The molecule has 5 rings (SSSR count). The third kappa shape index (κ3) is 2.03. The smallest absolute Gasteiger partial charge is 0.270 e. The van der Waals surface area contributed by atoms with Crippen LogP contribution in [0.2, 0.25) is 0 Å². The highest BCUT2D eigenvalue weighted by molar-refractivity contribution is 5.93. The van der Waals surface area contributed by atoms with E-state index < -0.39 is 0 Å². The summed E-state index contributed by atoms with van der Waals surface area (Å²) in [5.41, 5.74) is 1.52. The first kappa shape index (κ1) is 13.8. The van der Waals surface area contributed by atoms with Gasteiger partial charge in [0.05, 0.1) is 6.33 Å². The lowest BCUT2D eigenvalue weighted by atomic mass is 9.72. The number of carbonyl (C=O) groups excluding carboxylic acids is 1. The normalized spacial score (nSPS) is 29.6. The van der Waals surface area contributed by atoms with Crippen LogP contribution in [0.25, 0.3) is 5.52 Å². The number of piperidine rings is 3. The van der Waals surface area contributed by atoms with Gasteiger partial charge in [0.25, 0.3) is 5.91 Å². The highest BCUT2D eigenvalue weighted by Gasteiger charge is 2.48. The van der Waals surface area contributed by atoms with E-state index >= 15 is 0 Å². The molecule has 5 heteroatoms. The molecule has 5 nitrogen and oxygen atoms in total. The molecule has 2 aromatic heterocycles. The number of carbonyl (C=O) groups is 1. The fourth-order valence-corrected chi connectivity index (χ4v) is 4.15. The molecule has 3 aliphatic heterocycles. The lowest BCUT2D eigenvalue weighted by molar-refractivity contribution is -0.0378. The monoisotopic (exact) mass is 298 g/mol. The van der Waals surface area contributed by atoms with Crippen molar-refractivity contribution in [2.45, 2.75) is 38.3 Å². The molecule has 116 valence electrons. The summed E-state index contributed by atoms with van der Waals surface area (Å²) in [6, 6.07) is 5.99. The standard InChI is InChI=1S/C17H22N4O/c1-17(2)15(12-5-8-21(17)9-6-12)19-16(22)14-10-13-4-3-7-20(13)11-18-14/h3-4,7,10-12,15H,5-6,8-9H2,1-2H3,(H,19,22)/t15-/m1/s1. The molecule has 0 aliphatic carbocycles. The minimum Gasteiger partial charge on any atom is -0.346 e. The molecule has 1 atom stereocenters. The van der Waals surface area contributed by atoms with Crippen molar-refractivity contribution in [1.82, 2.24) is 19.6 Å². The number of hydrogen-bond donors (Lipinski definition) is 1. The first-order valence-corrected chi connectivity index (χ1v) is 8.04. The van der Waals surface area contributed by atoms with Crippen LogP contribution in [0.4, 0.5) is 0 Å². The van der Waals surface area contributed by atoms with Gasteiger partial charge >= 0.3 is 0 Å². The third-order valence-electron chi connectivity index (χ3n) is 5.52. The van der Waals surface area contributed by atoms with E-state index in [1.165, 1.54) is 12.8 Å². The summed E-state index contributed by atoms with van der Waals surface area (Å²) < 4.78 is 1.91. The molecule has 0 radical (unpaired) electrons. The van der Waals surface area contributed by atoms with E-state index in [4.69, 9.17) is 0 Å². The van der Waals surface area contributed by atoms with Gasteiger partial charge in [-0.05, 0) is 63.9 Å². The topological polar surface area (TPSA) is 49.6 Å². The van der Waals surface area contributed by atoms with E-state index in [2.05, 4.69) is 29.0 Å². The molecule has 22 heavy (non-hydrogen) atoms. The predicted molar refractivity (Wildman–Crippen MR) is 84.8 cm³/mol. The maximum atomic E-state index is 12.6. The molecular weight excluding hydrogens is 276 g/mol. The van der Waals surface area contributed by atoms with Gasteiger partial charge in [0.15, 0.2) is 0 Å². The lowest BCUT2D eigenvalue weighted by Gasteiger charge is -2.56. The van der Waals surface area contributed by atoms with Gasteiger partial charge in [0.1, 0.15) is 5.69 Å². The molecule has 0 saturated carbocycles. The Kier molecular flexibility index (Phi) is 3.01. The Morgan fingerprint density at radius 1 is 1.36 bits per heavy atom. The number of amides is 1.